The van der Waals surface area contributed by atoms with E-state index in [1.807, 2.05) is 42.5 Å². The maximum absolute atomic E-state index is 11.0. The van der Waals surface area contributed by atoms with Crippen molar-refractivity contribution in [2.75, 3.05) is 12.3 Å². The van der Waals surface area contributed by atoms with Gasteiger partial charge in [0.25, 0.3) is 0 Å². The van der Waals surface area contributed by atoms with Crippen LogP contribution in [0.3, 0.4) is 0 Å². The molecule has 21 heavy (non-hydrogen) atoms. The van der Waals surface area contributed by atoms with Crippen molar-refractivity contribution < 1.29 is 8.42 Å². The minimum atomic E-state index is -3.40. The summed E-state index contributed by atoms with van der Waals surface area (Å²) in [7, 11) is -3.40. The topological polar surface area (TPSA) is 85.1 Å². The lowest BCUT2D eigenvalue weighted by Gasteiger charge is -2.19. The van der Waals surface area contributed by atoms with Crippen LogP contribution in [0, 0.1) is 0 Å². The van der Waals surface area contributed by atoms with Gasteiger partial charge in [-0.1, -0.05) is 30.3 Å². The van der Waals surface area contributed by atoms with Gasteiger partial charge in [-0.25, -0.2) is 13.6 Å². The molecule has 1 atom stereocenters. The van der Waals surface area contributed by atoms with Gasteiger partial charge in [0.15, 0.2) is 0 Å². The summed E-state index contributed by atoms with van der Waals surface area (Å²) >= 11 is 0. The number of primary sulfonamides is 1. The van der Waals surface area contributed by atoms with Crippen molar-refractivity contribution in [2.24, 2.45) is 5.14 Å². The van der Waals surface area contributed by atoms with Crippen molar-refractivity contribution >= 4 is 10.0 Å². The summed E-state index contributed by atoms with van der Waals surface area (Å²) in [6.45, 7) is 0.568. The van der Waals surface area contributed by atoms with Gasteiger partial charge in [-0.2, -0.15) is 0 Å². The Morgan fingerprint density at radius 3 is 2.29 bits per heavy atom. The van der Waals surface area contributed by atoms with Crippen LogP contribution >= 0.6 is 0 Å². The third kappa shape index (κ3) is 5.26. The molecule has 0 aliphatic heterocycles. The standard InChI is InChI=1S/C15H19N3O2S/c16-21(19,20)12-4-9-18-15(13-5-2-1-3-6-13)14-7-10-17-11-8-14/h1-3,5-8,10-11,15,18H,4,9,12H2,(H2,16,19,20). The van der Waals surface area contributed by atoms with E-state index in [1.165, 1.54) is 0 Å². The van der Waals surface area contributed by atoms with E-state index < -0.39 is 10.0 Å². The van der Waals surface area contributed by atoms with E-state index in [0.29, 0.717) is 13.0 Å². The molecule has 1 aromatic carbocycles. The Hall–Kier alpha value is -1.76. The van der Waals surface area contributed by atoms with Crippen molar-refractivity contribution in [3.8, 4) is 0 Å². The van der Waals surface area contributed by atoms with Crippen LogP contribution in [0.4, 0.5) is 0 Å². The van der Waals surface area contributed by atoms with E-state index in [2.05, 4.69) is 10.3 Å². The SMILES string of the molecule is NS(=O)(=O)CCCNC(c1ccccc1)c1ccncc1. The van der Waals surface area contributed by atoms with E-state index in [4.69, 9.17) is 5.14 Å². The molecule has 0 bridgehead atoms. The third-order valence-corrected chi connectivity index (χ3v) is 3.98. The molecule has 6 heteroatoms. The zero-order valence-electron chi connectivity index (χ0n) is 11.6. The summed E-state index contributed by atoms with van der Waals surface area (Å²) in [4.78, 5) is 4.03. The van der Waals surface area contributed by atoms with E-state index >= 15 is 0 Å². The molecule has 1 heterocycles. The Morgan fingerprint density at radius 1 is 1.05 bits per heavy atom. The van der Waals surface area contributed by atoms with Gasteiger partial charge in [-0.3, -0.25) is 4.98 Å². The van der Waals surface area contributed by atoms with Crippen molar-refractivity contribution in [3.05, 3.63) is 66.0 Å². The molecule has 0 saturated heterocycles. The van der Waals surface area contributed by atoms with Crippen LogP contribution in [-0.4, -0.2) is 25.7 Å². The average molecular weight is 305 g/mol. The van der Waals surface area contributed by atoms with Gasteiger partial charge in [0.2, 0.25) is 10.0 Å². The molecule has 1 unspecified atom stereocenters. The van der Waals surface area contributed by atoms with Crippen LogP contribution in [0.25, 0.3) is 0 Å². The third-order valence-electron chi connectivity index (χ3n) is 3.13. The van der Waals surface area contributed by atoms with Crippen molar-refractivity contribution in [1.82, 2.24) is 10.3 Å². The van der Waals surface area contributed by atoms with Crippen LogP contribution in [0.2, 0.25) is 0 Å². The van der Waals surface area contributed by atoms with Crippen LogP contribution in [0.15, 0.2) is 54.9 Å². The number of nitrogens with zero attached hydrogens (tertiary/aromatic N) is 1. The molecule has 0 saturated carbocycles. The van der Waals surface area contributed by atoms with Crippen molar-refractivity contribution in [1.29, 1.82) is 0 Å². The number of pyridine rings is 1. The zero-order chi connectivity index (χ0) is 15.1. The lowest BCUT2D eigenvalue weighted by Crippen LogP contribution is -2.26. The number of hydrogen-bond acceptors (Lipinski definition) is 4. The maximum atomic E-state index is 11.0. The number of nitrogens with two attached hydrogens (primary N) is 1. The Balaban J connectivity index is 2.07. The first-order chi connectivity index (χ1) is 10.1. The second-order valence-electron chi connectivity index (χ2n) is 4.80. The Bertz CT molecular complexity index is 606. The first-order valence-corrected chi connectivity index (χ1v) is 8.46. The average Bonchev–Trinajstić information content (AvgIpc) is 2.48. The monoisotopic (exact) mass is 305 g/mol. The minimum absolute atomic E-state index is 0.00896. The van der Waals surface area contributed by atoms with Gasteiger partial charge in [-0.05, 0) is 36.2 Å². The maximum Gasteiger partial charge on any atom is 0.209 e. The molecule has 5 nitrogen and oxygen atoms in total. The molecule has 0 radical (unpaired) electrons. The normalized spacial score (nSPS) is 13.0. The highest BCUT2D eigenvalue weighted by Gasteiger charge is 2.13. The van der Waals surface area contributed by atoms with Crippen LogP contribution in [-0.2, 0) is 10.0 Å². The van der Waals surface area contributed by atoms with E-state index in [1.54, 1.807) is 12.4 Å². The quantitative estimate of drug-likeness (QED) is 0.758. The molecule has 2 aromatic rings. The largest absolute Gasteiger partial charge is 0.306 e. The summed E-state index contributed by atoms with van der Waals surface area (Å²) in [6, 6.07) is 13.9. The number of nitrogens with one attached hydrogen (secondary N) is 1. The highest BCUT2D eigenvalue weighted by Crippen LogP contribution is 2.21. The van der Waals surface area contributed by atoms with Crippen LogP contribution in [0.1, 0.15) is 23.6 Å². The fourth-order valence-corrected chi connectivity index (χ4v) is 2.70. The lowest BCUT2D eigenvalue weighted by atomic mass is 10.00. The molecular weight excluding hydrogens is 286 g/mol. The van der Waals surface area contributed by atoms with Crippen LogP contribution < -0.4 is 10.5 Å². The van der Waals surface area contributed by atoms with Gasteiger partial charge in [-0.15, -0.1) is 0 Å². The molecular formula is C15H19N3O2S. The van der Waals surface area contributed by atoms with Gasteiger partial charge < -0.3 is 5.32 Å². The Morgan fingerprint density at radius 2 is 1.67 bits per heavy atom. The van der Waals surface area contributed by atoms with E-state index in [9.17, 15) is 8.42 Å². The molecule has 112 valence electrons. The van der Waals surface area contributed by atoms with Gasteiger partial charge >= 0.3 is 0 Å². The van der Waals surface area contributed by atoms with Crippen LogP contribution in [0.5, 0.6) is 0 Å². The molecule has 3 N–H and O–H groups in total. The fourth-order valence-electron chi connectivity index (χ4n) is 2.15. The zero-order valence-corrected chi connectivity index (χ0v) is 12.5. The Labute approximate surface area is 125 Å². The summed E-state index contributed by atoms with van der Waals surface area (Å²) in [5.41, 5.74) is 2.21. The second kappa shape index (κ2) is 7.31. The summed E-state index contributed by atoms with van der Waals surface area (Å²) in [5.74, 6) is -0.0160. The highest BCUT2D eigenvalue weighted by atomic mass is 32.2. The predicted molar refractivity (Wildman–Crippen MR) is 83.1 cm³/mol. The molecule has 0 aliphatic carbocycles. The van der Waals surface area contributed by atoms with Gasteiger partial charge in [0, 0.05) is 12.4 Å². The molecule has 0 spiro atoms. The summed E-state index contributed by atoms with van der Waals surface area (Å²) < 4.78 is 21.9. The van der Waals surface area contributed by atoms with Crippen molar-refractivity contribution in [2.45, 2.75) is 12.5 Å². The first kappa shape index (κ1) is 15.6. The Kier molecular flexibility index (Phi) is 5.44. The van der Waals surface area contributed by atoms with Gasteiger partial charge in [0.1, 0.15) is 0 Å². The minimum Gasteiger partial charge on any atom is -0.306 e. The van der Waals surface area contributed by atoms with Crippen molar-refractivity contribution in [3.63, 3.8) is 0 Å². The number of sulfonamides is 1. The first-order valence-electron chi connectivity index (χ1n) is 6.75. The molecule has 0 amide bonds. The molecule has 0 fully saturated rings. The number of benzene rings is 1. The molecule has 0 aliphatic rings. The van der Waals surface area contributed by atoms with E-state index in [-0.39, 0.29) is 11.8 Å². The van der Waals surface area contributed by atoms with Gasteiger partial charge in [0.05, 0.1) is 11.8 Å². The number of aromatic nitrogens is 1. The smallest absolute Gasteiger partial charge is 0.209 e. The number of rotatable bonds is 7. The summed E-state index contributed by atoms with van der Waals surface area (Å²) in [6.07, 6.45) is 3.97. The number of hydrogen-bond donors (Lipinski definition) is 2. The fraction of sp³-hybridized carbons (Fsp3) is 0.267. The highest BCUT2D eigenvalue weighted by molar-refractivity contribution is 7.89. The predicted octanol–water partition coefficient (Wildman–Crippen LogP) is 1.44. The molecule has 1 aromatic heterocycles. The lowest BCUT2D eigenvalue weighted by molar-refractivity contribution is 0.577. The van der Waals surface area contributed by atoms with E-state index in [0.717, 1.165) is 11.1 Å². The second-order valence-corrected chi connectivity index (χ2v) is 6.53. The molecule has 2 rings (SSSR count). The summed E-state index contributed by atoms with van der Waals surface area (Å²) in [5, 5.41) is 8.39.